The second-order valence-electron chi connectivity index (χ2n) is 1.55. The van der Waals surface area contributed by atoms with Gasteiger partial charge < -0.3 is 4.90 Å². The predicted octanol–water partition coefficient (Wildman–Crippen LogP) is 1.11. The van der Waals surface area contributed by atoms with Crippen molar-refractivity contribution in [3.05, 3.63) is 12.4 Å². The normalized spacial score (nSPS) is 9.75. The number of nitrogens with zero attached hydrogens (tertiary/aromatic N) is 2. The predicted molar refractivity (Wildman–Crippen MR) is 37.0 cm³/mol. The molecule has 0 N–H and O–H groups in total. The highest BCUT2D eigenvalue weighted by Crippen LogP contribution is 1.80. The summed E-state index contributed by atoms with van der Waals surface area (Å²) in [6.45, 7) is 6.39. The van der Waals surface area contributed by atoms with E-state index in [4.69, 9.17) is 0 Å². The van der Waals surface area contributed by atoms with Crippen LogP contribution < -0.4 is 0 Å². The molecule has 0 aromatic rings. The Hall–Kier alpha value is -0.790. The van der Waals surface area contributed by atoms with E-state index < -0.39 is 0 Å². The lowest BCUT2D eigenvalue weighted by Crippen LogP contribution is -2.07. The molecule has 0 radical (unpaired) electrons. The van der Waals surface area contributed by atoms with Gasteiger partial charge in [-0.05, 0) is 13.6 Å². The fraction of sp³-hybridized carbons (Fsp3) is 0.500. The summed E-state index contributed by atoms with van der Waals surface area (Å²) in [5.74, 6) is 0. The Morgan fingerprint density at radius 2 is 2.38 bits per heavy atom. The second kappa shape index (κ2) is 4.37. The molecule has 0 bridgehead atoms. The molecule has 0 unspecified atom stereocenters. The van der Waals surface area contributed by atoms with Crippen LogP contribution in [0.5, 0.6) is 0 Å². The Labute approximate surface area is 50.5 Å². The topological polar surface area (TPSA) is 15.6 Å². The first kappa shape index (κ1) is 7.21. The summed E-state index contributed by atoms with van der Waals surface area (Å²) in [6, 6.07) is 0. The zero-order valence-electron chi connectivity index (χ0n) is 5.46. The van der Waals surface area contributed by atoms with Crippen molar-refractivity contribution in [2.45, 2.75) is 6.92 Å². The molecule has 46 valence electrons. The SMILES string of the molecule is C=N/C=C\N(C)CC. The van der Waals surface area contributed by atoms with E-state index in [0.29, 0.717) is 0 Å². The van der Waals surface area contributed by atoms with Crippen molar-refractivity contribution in [1.82, 2.24) is 4.90 Å². The number of aliphatic imine (C=N–C) groups is 1. The number of rotatable bonds is 3. The zero-order chi connectivity index (χ0) is 6.41. The van der Waals surface area contributed by atoms with Crippen LogP contribution in [-0.2, 0) is 0 Å². The molecule has 0 aliphatic heterocycles. The van der Waals surface area contributed by atoms with Gasteiger partial charge in [0.25, 0.3) is 0 Å². The molecular formula is C6H12N2. The van der Waals surface area contributed by atoms with E-state index in [1.165, 1.54) is 0 Å². The molecule has 0 aromatic heterocycles. The van der Waals surface area contributed by atoms with Crippen molar-refractivity contribution in [2.75, 3.05) is 13.6 Å². The number of hydrogen-bond acceptors (Lipinski definition) is 2. The van der Waals surface area contributed by atoms with Gasteiger partial charge in [-0.1, -0.05) is 0 Å². The average molecular weight is 112 g/mol. The van der Waals surface area contributed by atoms with Crippen LogP contribution in [0.1, 0.15) is 6.92 Å². The van der Waals surface area contributed by atoms with E-state index in [9.17, 15) is 0 Å². The average Bonchev–Trinajstić information content (AvgIpc) is 1.83. The lowest BCUT2D eigenvalue weighted by molar-refractivity contribution is 0.483. The molecule has 2 heteroatoms. The van der Waals surface area contributed by atoms with Crippen LogP contribution in [0, 0.1) is 0 Å². The van der Waals surface area contributed by atoms with Crippen molar-refractivity contribution in [3.63, 3.8) is 0 Å². The van der Waals surface area contributed by atoms with Crippen molar-refractivity contribution < 1.29 is 0 Å². The van der Waals surface area contributed by atoms with Crippen LogP contribution >= 0.6 is 0 Å². The van der Waals surface area contributed by atoms with Gasteiger partial charge >= 0.3 is 0 Å². The van der Waals surface area contributed by atoms with E-state index in [0.717, 1.165) is 6.54 Å². The molecule has 0 saturated carbocycles. The molecule has 0 saturated heterocycles. The quantitative estimate of drug-likeness (QED) is 0.499. The lowest BCUT2D eigenvalue weighted by atomic mass is 10.6. The van der Waals surface area contributed by atoms with Gasteiger partial charge in [-0.3, -0.25) is 4.99 Å². The molecule has 0 aliphatic carbocycles. The van der Waals surface area contributed by atoms with Crippen LogP contribution in [0.4, 0.5) is 0 Å². The van der Waals surface area contributed by atoms with Gasteiger partial charge in [-0.25, -0.2) is 0 Å². The van der Waals surface area contributed by atoms with Gasteiger partial charge in [0.15, 0.2) is 0 Å². The monoisotopic (exact) mass is 112 g/mol. The molecule has 0 heterocycles. The lowest BCUT2D eigenvalue weighted by Gasteiger charge is -2.07. The van der Waals surface area contributed by atoms with E-state index in [1.807, 2.05) is 18.1 Å². The number of hydrogen-bond donors (Lipinski definition) is 0. The van der Waals surface area contributed by atoms with E-state index in [2.05, 4.69) is 18.6 Å². The third-order valence-electron chi connectivity index (χ3n) is 0.925. The minimum Gasteiger partial charge on any atom is -0.379 e. The van der Waals surface area contributed by atoms with Gasteiger partial charge in [0.05, 0.1) is 0 Å². The van der Waals surface area contributed by atoms with E-state index in [-0.39, 0.29) is 0 Å². The highest BCUT2D eigenvalue weighted by Gasteiger charge is 1.77. The third kappa shape index (κ3) is 3.40. The van der Waals surface area contributed by atoms with Crippen molar-refractivity contribution in [2.24, 2.45) is 4.99 Å². The van der Waals surface area contributed by atoms with E-state index in [1.54, 1.807) is 6.20 Å². The first-order valence-electron chi connectivity index (χ1n) is 2.64. The fourth-order valence-corrected chi connectivity index (χ4v) is 0.266. The smallest absolute Gasteiger partial charge is 0.0419 e. The van der Waals surface area contributed by atoms with Gasteiger partial charge in [-0.2, -0.15) is 0 Å². The Bertz CT molecular complexity index is 86.5. The fourth-order valence-electron chi connectivity index (χ4n) is 0.266. The molecule has 2 nitrogen and oxygen atoms in total. The molecule has 0 amide bonds. The summed E-state index contributed by atoms with van der Waals surface area (Å²) in [5.41, 5.74) is 0. The standard InChI is InChI=1S/C6H12N2/c1-4-8(3)6-5-7-2/h5-6H,2,4H2,1,3H3/b6-5-. The Balaban J connectivity index is 3.35. The minimum atomic E-state index is 1.01. The van der Waals surface area contributed by atoms with Crippen LogP contribution in [0.2, 0.25) is 0 Å². The first-order chi connectivity index (χ1) is 3.81. The summed E-state index contributed by atoms with van der Waals surface area (Å²) in [4.78, 5) is 5.57. The highest BCUT2D eigenvalue weighted by atomic mass is 15.1. The largest absolute Gasteiger partial charge is 0.379 e. The maximum Gasteiger partial charge on any atom is 0.0419 e. The van der Waals surface area contributed by atoms with Crippen LogP contribution in [0.15, 0.2) is 17.4 Å². The summed E-state index contributed by atoms with van der Waals surface area (Å²) in [5, 5.41) is 0. The van der Waals surface area contributed by atoms with Crippen molar-refractivity contribution in [1.29, 1.82) is 0 Å². The van der Waals surface area contributed by atoms with Crippen molar-refractivity contribution >= 4 is 6.72 Å². The maximum atomic E-state index is 3.55. The van der Waals surface area contributed by atoms with Gasteiger partial charge in [0.1, 0.15) is 0 Å². The van der Waals surface area contributed by atoms with Crippen LogP contribution in [-0.4, -0.2) is 25.2 Å². The molecule has 0 spiro atoms. The Morgan fingerprint density at radius 3 is 2.75 bits per heavy atom. The summed E-state index contributed by atoms with van der Waals surface area (Å²) >= 11 is 0. The summed E-state index contributed by atoms with van der Waals surface area (Å²) in [7, 11) is 1.99. The summed E-state index contributed by atoms with van der Waals surface area (Å²) in [6.07, 6.45) is 3.55. The van der Waals surface area contributed by atoms with Gasteiger partial charge in [-0.15, -0.1) is 0 Å². The molecule has 0 fully saturated rings. The second-order valence-corrected chi connectivity index (χ2v) is 1.55. The van der Waals surface area contributed by atoms with Gasteiger partial charge in [0.2, 0.25) is 0 Å². The summed E-state index contributed by atoms with van der Waals surface area (Å²) < 4.78 is 0. The molecule has 8 heavy (non-hydrogen) atoms. The van der Waals surface area contributed by atoms with Crippen molar-refractivity contribution in [3.8, 4) is 0 Å². The molecular weight excluding hydrogens is 100 g/mol. The zero-order valence-corrected chi connectivity index (χ0v) is 5.46. The van der Waals surface area contributed by atoms with Crippen LogP contribution in [0.25, 0.3) is 0 Å². The first-order valence-corrected chi connectivity index (χ1v) is 2.64. The van der Waals surface area contributed by atoms with Crippen LogP contribution in [0.3, 0.4) is 0 Å². The molecule has 0 atom stereocenters. The van der Waals surface area contributed by atoms with Gasteiger partial charge in [0, 0.05) is 26.0 Å². The molecule has 0 aromatic carbocycles. The third-order valence-corrected chi connectivity index (χ3v) is 0.925. The maximum absolute atomic E-state index is 3.55. The highest BCUT2D eigenvalue weighted by molar-refractivity contribution is 5.25. The Morgan fingerprint density at radius 1 is 1.75 bits per heavy atom. The molecule has 0 rings (SSSR count). The Kier molecular flexibility index (Phi) is 3.94. The molecule has 0 aliphatic rings. The van der Waals surface area contributed by atoms with E-state index >= 15 is 0 Å². The minimum absolute atomic E-state index is 1.01.